The van der Waals surface area contributed by atoms with E-state index in [1.807, 2.05) is 6.92 Å². The normalized spacial score (nSPS) is 14.7. The van der Waals surface area contributed by atoms with E-state index in [9.17, 15) is 9.59 Å². The molecule has 0 bridgehead atoms. The number of alkyl carbamates (subject to hydrolysis) is 1. The molecule has 0 fully saturated rings. The second kappa shape index (κ2) is 7.36. The maximum absolute atomic E-state index is 11.7. The van der Waals surface area contributed by atoms with Gasteiger partial charge in [-0.15, -0.1) is 0 Å². The van der Waals surface area contributed by atoms with Gasteiger partial charge in [-0.05, 0) is 39.0 Å². The van der Waals surface area contributed by atoms with Crippen molar-refractivity contribution in [2.45, 2.75) is 59.6 Å². The molecule has 0 aliphatic rings. The minimum atomic E-state index is -0.669. The average molecular weight is 273 g/mol. The van der Waals surface area contributed by atoms with Crippen molar-refractivity contribution < 1.29 is 19.1 Å². The molecule has 1 N–H and O–H groups in total. The number of ether oxygens (including phenoxy) is 2. The summed E-state index contributed by atoms with van der Waals surface area (Å²) >= 11 is 0. The van der Waals surface area contributed by atoms with Gasteiger partial charge in [0.1, 0.15) is 11.6 Å². The Morgan fingerprint density at radius 1 is 1.16 bits per heavy atom. The Kier molecular flexibility index (Phi) is 6.87. The van der Waals surface area contributed by atoms with Gasteiger partial charge in [-0.3, -0.25) is 0 Å². The zero-order chi connectivity index (χ0) is 15.2. The fraction of sp³-hybridized carbons (Fsp3) is 0.857. The number of hydrogen-bond donors (Lipinski definition) is 1. The van der Waals surface area contributed by atoms with E-state index in [1.165, 1.54) is 7.11 Å². The van der Waals surface area contributed by atoms with Crippen LogP contribution in [0.5, 0.6) is 0 Å². The van der Waals surface area contributed by atoms with E-state index in [2.05, 4.69) is 19.2 Å². The topological polar surface area (TPSA) is 64.6 Å². The van der Waals surface area contributed by atoms with Crippen LogP contribution in [0.1, 0.15) is 48.0 Å². The van der Waals surface area contributed by atoms with Gasteiger partial charge in [-0.25, -0.2) is 9.59 Å². The van der Waals surface area contributed by atoms with Crippen LogP contribution in [0.2, 0.25) is 0 Å². The van der Waals surface area contributed by atoms with Crippen LogP contribution in [0.3, 0.4) is 0 Å². The van der Waals surface area contributed by atoms with Crippen LogP contribution in [0.15, 0.2) is 0 Å². The number of carbonyl (C=O) groups is 2. The highest BCUT2D eigenvalue weighted by molar-refractivity contribution is 5.81. The van der Waals surface area contributed by atoms with E-state index in [4.69, 9.17) is 9.47 Å². The summed E-state index contributed by atoms with van der Waals surface area (Å²) in [6.07, 6.45) is -0.0669. The van der Waals surface area contributed by atoms with Gasteiger partial charge in [-0.1, -0.05) is 20.8 Å². The van der Waals surface area contributed by atoms with Crippen molar-refractivity contribution in [3.05, 3.63) is 0 Å². The lowest BCUT2D eigenvalue weighted by atomic mass is 9.91. The van der Waals surface area contributed by atoms with Crippen molar-refractivity contribution >= 4 is 12.1 Å². The molecule has 0 aromatic rings. The zero-order valence-electron chi connectivity index (χ0n) is 13.1. The molecule has 0 spiro atoms. The van der Waals surface area contributed by atoms with Gasteiger partial charge in [0.05, 0.1) is 7.11 Å². The van der Waals surface area contributed by atoms with Crippen LogP contribution in [-0.2, 0) is 14.3 Å². The second-order valence-corrected chi connectivity index (χ2v) is 6.18. The summed E-state index contributed by atoms with van der Waals surface area (Å²) in [5.74, 6) is 0.269. The van der Waals surface area contributed by atoms with E-state index in [-0.39, 0.29) is 0 Å². The van der Waals surface area contributed by atoms with Crippen molar-refractivity contribution in [2.24, 2.45) is 11.8 Å². The summed E-state index contributed by atoms with van der Waals surface area (Å²) in [5.41, 5.74) is -0.589. The summed E-state index contributed by atoms with van der Waals surface area (Å²) in [5, 5.41) is 2.57. The molecule has 5 heteroatoms. The lowest BCUT2D eigenvalue weighted by Crippen LogP contribution is -2.45. The van der Waals surface area contributed by atoms with Crippen LogP contribution in [0, 0.1) is 11.8 Å². The van der Waals surface area contributed by atoms with E-state index in [1.54, 1.807) is 20.8 Å². The number of amides is 1. The largest absolute Gasteiger partial charge is 0.467 e. The number of nitrogens with one attached hydrogen (secondary N) is 1. The van der Waals surface area contributed by atoms with Crippen molar-refractivity contribution in [1.82, 2.24) is 5.32 Å². The predicted molar refractivity (Wildman–Crippen MR) is 73.8 cm³/mol. The molecule has 5 nitrogen and oxygen atoms in total. The van der Waals surface area contributed by atoms with Gasteiger partial charge in [-0.2, -0.15) is 0 Å². The van der Waals surface area contributed by atoms with Crippen LogP contribution in [0.4, 0.5) is 4.79 Å². The summed E-state index contributed by atoms with van der Waals surface area (Å²) in [7, 11) is 1.31. The highest BCUT2D eigenvalue weighted by Gasteiger charge is 2.27. The van der Waals surface area contributed by atoms with Gasteiger partial charge < -0.3 is 14.8 Å². The third-order valence-electron chi connectivity index (χ3n) is 2.92. The van der Waals surface area contributed by atoms with Gasteiger partial charge >= 0.3 is 12.1 Å². The Morgan fingerprint density at radius 2 is 1.68 bits per heavy atom. The molecule has 0 aliphatic heterocycles. The summed E-state index contributed by atoms with van der Waals surface area (Å²) < 4.78 is 9.86. The Hall–Kier alpha value is -1.26. The Balaban J connectivity index is 4.61. The number of hydrogen-bond acceptors (Lipinski definition) is 4. The molecule has 19 heavy (non-hydrogen) atoms. The smallest absolute Gasteiger partial charge is 0.408 e. The molecule has 0 saturated carbocycles. The maximum Gasteiger partial charge on any atom is 0.408 e. The van der Waals surface area contributed by atoms with Crippen LogP contribution in [-0.4, -0.2) is 30.8 Å². The minimum absolute atomic E-state index is 0.291. The lowest BCUT2D eigenvalue weighted by Gasteiger charge is -2.25. The molecule has 1 amide bonds. The van der Waals surface area contributed by atoms with E-state index in [0.29, 0.717) is 18.3 Å². The molecule has 0 saturated heterocycles. The third-order valence-corrected chi connectivity index (χ3v) is 2.92. The summed E-state index contributed by atoms with van der Waals surface area (Å²) in [4.78, 5) is 23.4. The van der Waals surface area contributed by atoms with Crippen LogP contribution < -0.4 is 5.32 Å². The average Bonchev–Trinajstić information content (AvgIpc) is 2.24. The van der Waals surface area contributed by atoms with Crippen molar-refractivity contribution in [1.29, 1.82) is 0 Å². The van der Waals surface area contributed by atoms with Crippen LogP contribution in [0.25, 0.3) is 0 Å². The van der Waals surface area contributed by atoms with E-state index in [0.717, 1.165) is 0 Å². The van der Waals surface area contributed by atoms with Gasteiger partial charge in [0.2, 0.25) is 0 Å². The lowest BCUT2D eigenvalue weighted by molar-refractivity contribution is -0.143. The molecule has 112 valence electrons. The first-order valence-electron chi connectivity index (χ1n) is 6.64. The molecule has 0 radical (unpaired) electrons. The molecule has 0 aliphatic carbocycles. The highest BCUT2D eigenvalue weighted by atomic mass is 16.6. The zero-order valence-corrected chi connectivity index (χ0v) is 13.1. The molecule has 0 aromatic heterocycles. The fourth-order valence-electron chi connectivity index (χ4n) is 1.45. The molecular weight excluding hydrogens is 246 g/mol. The predicted octanol–water partition coefficient (Wildman–Crippen LogP) is 2.73. The molecule has 0 aromatic carbocycles. The van der Waals surface area contributed by atoms with Gasteiger partial charge in [0, 0.05) is 0 Å². The molecule has 0 rings (SSSR count). The Bertz CT molecular complexity index is 307. The monoisotopic (exact) mass is 273 g/mol. The van der Waals surface area contributed by atoms with Crippen molar-refractivity contribution in [3.63, 3.8) is 0 Å². The first-order chi connectivity index (χ1) is 8.56. The minimum Gasteiger partial charge on any atom is -0.467 e. The van der Waals surface area contributed by atoms with Crippen molar-refractivity contribution in [2.75, 3.05) is 7.11 Å². The highest BCUT2D eigenvalue weighted by Crippen LogP contribution is 2.17. The van der Waals surface area contributed by atoms with Gasteiger partial charge in [0.25, 0.3) is 0 Å². The Labute approximate surface area is 116 Å². The third kappa shape index (κ3) is 7.70. The first-order valence-corrected chi connectivity index (χ1v) is 6.64. The standard InChI is InChI=1S/C14H27NO4/c1-9(2)10(3)8-11(12(16)18-7)15-13(17)19-14(4,5)6/h9-11H,8H2,1-7H3,(H,15,17)/t10?,11-/m0/s1. The number of methoxy groups -OCH3 is 1. The van der Waals surface area contributed by atoms with E-state index >= 15 is 0 Å². The maximum atomic E-state index is 11.7. The number of rotatable bonds is 5. The summed E-state index contributed by atoms with van der Waals surface area (Å²) in [6, 6.07) is -0.669. The second-order valence-electron chi connectivity index (χ2n) is 6.18. The molecule has 2 atom stereocenters. The first kappa shape index (κ1) is 17.7. The molecular formula is C14H27NO4. The SMILES string of the molecule is COC(=O)[C@H](CC(C)C(C)C)NC(=O)OC(C)(C)C. The molecule has 0 heterocycles. The number of carbonyl (C=O) groups excluding carboxylic acids is 2. The Morgan fingerprint density at radius 3 is 2.05 bits per heavy atom. The number of esters is 1. The van der Waals surface area contributed by atoms with Crippen molar-refractivity contribution in [3.8, 4) is 0 Å². The summed E-state index contributed by atoms with van der Waals surface area (Å²) in [6.45, 7) is 11.5. The fourth-order valence-corrected chi connectivity index (χ4v) is 1.45. The van der Waals surface area contributed by atoms with Crippen LogP contribution >= 0.6 is 0 Å². The van der Waals surface area contributed by atoms with E-state index < -0.39 is 23.7 Å². The quantitative estimate of drug-likeness (QED) is 0.782. The van der Waals surface area contributed by atoms with Gasteiger partial charge in [0.15, 0.2) is 0 Å². The molecule has 1 unspecified atom stereocenters.